The van der Waals surface area contributed by atoms with E-state index in [-0.39, 0.29) is 22.0 Å². The number of sulfonamides is 1. The summed E-state index contributed by atoms with van der Waals surface area (Å²) in [6.07, 6.45) is 0. The molecule has 3 aromatic carbocycles. The highest BCUT2D eigenvalue weighted by molar-refractivity contribution is 7.89. The van der Waals surface area contributed by atoms with E-state index in [1.807, 2.05) is 73.0 Å². The lowest BCUT2D eigenvalue weighted by molar-refractivity contribution is 0.0937. The van der Waals surface area contributed by atoms with Gasteiger partial charge in [-0.25, -0.2) is 18.1 Å². The summed E-state index contributed by atoms with van der Waals surface area (Å²) < 4.78 is 30.4. The van der Waals surface area contributed by atoms with Crippen molar-refractivity contribution >= 4 is 38.6 Å². The molecule has 0 radical (unpaired) electrons. The fourth-order valence-electron chi connectivity index (χ4n) is 3.80. The van der Waals surface area contributed by atoms with E-state index in [0.717, 1.165) is 22.4 Å². The molecule has 4 aromatic rings. The van der Waals surface area contributed by atoms with Crippen molar-refractivity contribution in [2.75, 3.05) is 0 Å². The molecule has 0 bridgehead atoms. The van der Waals surface area contributed by atoms with E-state index < -0.39 is 22.0 Å². The van der Waals surface area contributed by atoms with E-state index in [2.05, 4.69) is 15.0 Å². The van der Waals surface area contributed by atoms with E-state index >= 15 is 0 Å². The number of para-hydroxylation sites is 2. The van der Waals surface area contributed by atoms with Gasteiger partial charge in [-0.15, -0.1) is 0 Å². The van der Waals surface area contributed by atoms with Gasteiger partial charge in [-0.1, -0.05) is 54.1 Å². The van der Waals surface area contributed by atoms with Crippen molar-refractivity contribution in [3.05, 3.63) is 94.8 Å². The summed E-state index contributed by atoms with van der Waals surface area (Å²) in [4.78, 5) is 17.5. The Morgan fingerprint density at radius 2 is 1.76 bits per heavy atom. The lowest BCUT2D eigenvalue weighted by atomic mass is 10.2. The van der Waals surface area contributed by atoms with Crippen LogP contribution in [0.3, 0.4) is 0 Å². The van der Waals surface area contributed by atoms with Gasteiger partial charge in [0.1, 0.15) is 10.7 Å². The molecule has 1 unspecified atom stereocenters. The molecule has 34 heavy (non-hydrogen) atoms. The Hall–Kier alpha value is -3.20. The van der Waals surface area contributed by atoms with E-state index in [1.54, 1.807) is 0 Å². The van der Waals surface area contributed by atoms with Gasteiger partial charge >= 0.3 is 0 Å². The number of amides is 1. The van der Waals surface area contributed by atoms with Crippen LogP contribution in [0.2, 0.25) is 5.02 Å². The molecular formula is C25H25ClN4O3S. The van der Waals surface area contributed by atoms with Gasteiger partial charge < -0.3 is 9.88 Å². The standard InChI is InChI=1S/C25H25ClN4O3S/c1-3-30-22-12-8-7-11-21(22)29-24(30)17(2)28-25(31)19-13-14-20(26)23(15-19)34(32,33)27-16-18-9-5-4-6-10-18/h4-15,17,27H,3,16H2,1-2H3,(H,28,31). The van der Waals surface area contributed by atoms with Crippen LogP contribution in [-0.4, -0.2) is 23.9 Å². The number of nitrogens with zero attached hydrogens (tertiary/aromatic N) is 2. The van der Waals surface area contributed by atoms with Crippen LogP contribution in [0, 0.1) is 0 Å². The molecule has 1 amide bonds. The number of aromatic nitrogens is 2. The first-order valence-electron chi connectivity index (χ1n) is 10.9. The van der Waals surface area contributed by atoms with Crippen LogP contribution in [0.4, 0.5) is 0 Å². The van der Waals surface area contributed by atoms with E-state index in [4.69, 9.17) is 11.6 Å². The molecule has 7 nitrogen and oxygen atoms in total. The monoisotopic (exact) mass is 496 g/mol. The normalized spacial score (nSPS) is 12.6. The largest absolute Gasteiger partial charge is 0.342 e. The molecule has 4 rings (SSSR count). The number of fused-ring (bicyclic) bond motifs is 1. The van der Waals surface area contributed by atoms with Gasteiger partial charge in [-0.3, -0.25) is 4.79 Å². The van der Waals surface area contributed by atoms with Crippen molar-refractivity contribution < 1.29 is 13.2 Å². The number of nitrogens with one attached hydrogen (secondary N) is 2. The summed E-state index contributed by atoms with van der Waals surface area (Å²) in [5.74, 6) is 0.307. The topological polar surface area (TPSA) is 93.1 Å². The minimum absolute atomic E-state index is 0.0398. The quantitative estimate of drug-likeness (QED) is 0.370. The summed E-state index contributed by atoms with van der Waals surface area (Å²) in [5, 5.41) is 2.96. The number of imidazole rings is 1. The minimum Gasteiger partial charge on any atom is -0.342 e. The predicted octanol–water partition coefficient (Wildman–Crippen LogP) is 4.68. The van der Waals surface area contributed by atoms with Crippen LogP contribution in [0.5, 0.6) is 0 Å². The fraction of sp³-hybridized carbons (Fsp3) is 0.200. The molecule has 0 saturated carbocycles. The Morgan fingerprint density at radius 3 is 2.50 bits per heavy atom. The van der Waals surface area contributed by atoms with Gasteiger partial charge in [0.05, 0.1) is 22.1 Å². The Kier molecular flexibility index (Phi) is 7.02. The SMILES string of the molecule is CCn1c(C(C)NC(=O)c2ccc(Cl)c(S(=O)(=O)NCc3ccccc3)c2)nc2ccccc21. The third-order valence-corrected chi connectivity index (χ3v) is 7.41. The van der Waals surface area contributed by atoms with Crippen molar-refractivity contribution in [3.8, 4) is 0 Å². The number of halogens is 1. The smallest absolute Gasteiger partial charge is 0.251 e. The Morgan fingerprint density at radius 1 is 1.06 bits per heavy atom. The summed E-state index contributed by atoms with van der Waals surface area (Å²) in [6.45, 7) is 4.68. The Balaban J connectivity index is 1.55. The summed E-state index contributed by atoms with van der Waals surface area (Å²) in [5.41, 5.74) is 2.84. The second-order valence-electron chi connectivity index (χ2n) is 7.85. The molecule has 1 heterocycles. The van der Waals surface area contributed by atoms with E-state index in [0.29, 0.717) is 6.54 Å². The zero-order valence-corrected chi connectivity index (χ0v) is 20.4. The van der Waals surface area contributed by atoms with Gasteiger partial charge in [-0.05, 0) is 49.7 Å². The highest BCUT2D eigenvalue weighted by atomic mass is 35.5. The number of benzene rings is 3. The van der Waals surface area contributed by atoms with E-state index in [1.165, 1.54) is 18.2 Å². The molecule has 0 spiro atoms. The maximum absolute atomic E-state index is 13.0. The molecule has 0 aliphatic rings. The van der Waals surface area contributed by atoms with Crippen LogP contribution < -0.4 is 10.0 Å². The predicted molar refractivity (Wildman–Crippen MR) is 133 cm³/mol. The lowest BCUT2D eigenvalue weighted by Gasteiger charge is -2.16. The van der Waals surface area contributed by atoms with Crippen molar-refractivity contribution in [1.82, 2.24) is 19.6 Å². The first kappa shape index (κ1) is 23.9. The van der Waals surface area contributed by atoms with E-state index in [9.17, 15) is 13.2 Å². The van der Waals surface area contributed by atoms with Crippen molar-refractivity contribution in [2.45, 2.75) is 37.9 Å². The summed E-state index contributed by atoms with van der Waals surface area (Å²) >= 11 is 6.19. The third kappa shape index (κ3) is 4.99. The molecule has 0 fully saturated rings. The van der Waals surface area contributed by atoms with Crippen LogP contribution in [0.25, 0.3) is 11.0 Å². The minimum atomic E-state index is -3.93. The average Bonchev–Trinajstić information content (AvgIpc) is 3.22. The van der Waals surface area contributed by atoms with Crippen molar-refractivity contribution in [3.63, 3.8) is 0 Å². The fourth-order valence-corrected chi connectivity index (χ4v) is 5.35. The molecule has 0 saturated heterocycles. The zero-order chi connectivity index (χ0) is 24.3. The van der Waals surface area contributed by atoms with Crippen LogP contribution in [0.1, 0.15) is 41.6 Å². The lowest BCUT2D eigenvalue weighted by Crippen LogP contribution is -2.29. The van der Waals surface area contributed by atoms with Crippen LogP contribution in [-0.2, 0) is 23.1 Å². The number of carbonyl (C=O) groups is 1. The molecule has 0 aliphatic heterocycles. The number of hydrogen-bond donors (Lipinski definition) is 2. The highest BCUT2D eigenvalue weighted by Gasteiger charge is 2.22. The molecule has 176 valence electrons. The van der Waals surface area contributed by atoms with Crippen LogP contribution >= 0.6 is 11.6 Å². The summed E-state index contributed by atoms with van der Waals surface area (Å²) in [6, 6.07) is 20.8. The zero-order valence-electron chi connectivity index (χ0n) is 18.8. The van der Waals surface area contributed by atoms with Gasteiger partial charge in [0, 0.05) is 18.7 Å². The first-order chi connectivity index (χ1) is 16.3. The second-order valence-corrected chi connectivity index (χ2v) is 10.00. The molecule has 1 aromatic heterocycles. The Bertz CT molecular complexity index is 1440. The van der Waals surface area contributed by atoms with Gasteiger partial charge in [0.15, 0.2) is 0 Å². The highest BCUT2D eigenvalue weighted by Crippen LogP contribution is 2.24. The van der Waals surface area contributed by atoms with Crippen molar-refractivity contribution in [1.29, 1.82) is 0 Å². The molecular weight excluding hydrogens is 472 g/mol. The average molecular weight is 497 g/mol. The third-order valence-electron chi connectivity index (χ3n) is 5.53. The molecule has 9 heteroatoms. The summed E-state index contributed by atoms with van der Waals surface area (Å²) in [7, 11) is -3.93. The maximum Gasteiger partial charge on any atom is 0.251 e. The van der Waals surface area contributed by atoms with Crippen molar-refractivity contribution in [2.24, 2.45) is 0 Å². The molecule has 2 N–H and O–H groups in total. The second kappa shape index (κ2) is 9.97. The molecule has 1 atom stereocenters. The van der Waals surface area contributed by atoms with Gasteiger partial charge in [0.25, 0.3) is 5.91 Å². The number of rotatable bonds is 8. The number of aryl methyl sites for hydroxylation is 1. The first-order valence-corrected chi connectivity index (χ1v) is 12.8. The van der Waals surface area contributed by atoms with Crippen LogP contribution in [0.15, 0.2) is 77.7 Å². The van der Waals surface area contributed by atoms with Gasteiger partial charge in [-0.2, -0.15) is 0 Å². The number of hydrogen-bond acceptors (Lipinski definition) is 4. The maximum atomic E-state index is 13.0. The Labute approximate surface area is 203 Å². The van der Waals surface area contributed by atoms with Gasteiger partial charge in [0.2, 0.25) is 10.0 Å². The molecule has 0 aliphatic carbocycles. The number of carbonyl (C=O) groups excluding carboxylic acids is 1.